The predicted octanol–water partition coefficient (Wildman–Crippen LogP) is 4.39. The highest BCUT2D eigenvalue weighted by Crippen LogP contribution is 2.40. The van der Waals surface area contributed by atoms with Crippen molar-refractivity contribution in [1.82, 2.24) is 15.0 Å². The topological polar surface area (TPSA) is 129 Å². The number of nitrogens with one attached hydrogen (secondary N) is 2. The summed E-state index contributed by atoms with van der Waals surface area (Å²) < 4.78 is 11.9. The zero-order chi connectivity index (χ0) is 27.4. The minimum Gasteiger partial charge on any atom is -0.378 e. The van der Waals surface area contributed by atoms with Gasteiger partial charge in [0, 0.05) is 36.6 Å². The first-order valence-electron chi connectivity index (χ1n) is 13.8. The maximum atomic E-state index is 12.5. The number of rotatable bonds is 5. The number of carbonyl (C=O) groups excluding carboxylic acids is 1. The molecule has 2 saturated heterocycles. The first kappa shape index (κ1) is 26.0. The molecule has 0 unspecified atom stereocenters. The first-order valence-corrected chi connectivity index (χ1v) is 13.8. The highest BCUT2D eigenvalue weighted by atomic mass is 16.5. The van der Waals surface area contributed by atoms with Crippen molar-refractivity contribution >= 4 is 29.3 Å². The molecule has 2 aliphatic heterocycles. The summed E-state index contributed by atoms with van der Waals surface area (Å²) in [7, 11) is 0. The van der Waals surface area contributed by atoms with Crippen LogP contribution in [0.2, 0.25) is 0 Å². The first-order chi connectivity index (χ1) is 19.6. The van der Waals surface area contributed by atoms with E-state index in [1.807, 2.05) is 24.3 Å². The normalized spacial score (nSPS) is 18.4. The Morgan fingerprint density at radius 2 is 1.48 bits per heavy atom. The Labute approximate surface area is 233 Å². The Hall–Kier alpha value is -4.27. The SMILES string of the molecule is N#Cc1ccc(NC(=O)Nc2ccc(-c3nc(N4CCOCC4)nc(N4CCOC45CCCCC5)n3)cc2)cc1. The fraction of sp³-hybridized carbons (Fsp3) is 0.414. The van der Waals surface area contributed by atoms with E-state index in [-0.39, 0.29) is 11.8 Å². The van der Waals surface area contributed by atoms with Crippen LogP contribution >= 0.6 is 0 Å². The van der Waals surface area contributed by atoms with Crippen LogP contribution in [0.4, 0.5) is 28.1 Å². The second-order valence-corrected chi connectivity index (χ2v) is 10.2. The van der Waals surface area contributed by atoms with Crippen LogP contribution in [-0.2, 0) is 9.47 Å². The average molecular weight is 541 g/mol. The molecule has 0 radical (unpaired) electrons. The van der Waals surface area contributed by atoms with E-state index in [0.29, 0.717) is 54.5 Å². The number of aromatic nitrogens is 3. The fourth-order valence-electron chi connectivity index (χ4n) is 5.54. The largest absolute Gasteiger partial charge is 0.378 e. The van der Waals surface area contributed by atoms with Gasteiger partial charge in [-0.25, -0.2) is 4.79 Å². The zero-order valence-electron chi connectivity index (χ0n) is 22.3. The molecule has 3 fully saturated rings. The molecule has 206 valence electrons. The van der Waals surface area contributed by atoms with E-state index in [0.717, 1.165) is 50.9 Å². The van der Waals surface area contributed by atoms with Crippen LogP contribution in [-0.4, -0.2) is 66.2 Å². The van der Waals surface area contributed by atoms with Crippen molar-refractivity contribution in [3.63, 3.8) is 0 Å². The summed E-state index contributed by atoms with van der Waals surface area (Å²) in [4.78, 5) is 31.6. The summed E-state index contributed by atoms with van der Waals surface area (Å²) in [6.45, 7) is 4.14. The number of hydrogen-bond donors (Lipinski definition) is 2. The van der Waals surface area contributed by atoms with Gasteiger partial charge in [-0.1, -0.05) is 6.42 Å². The smallest absolute Gasteiger partial charge is 0.323 e. The Kier molecular flexibility index (Phi) is 7.44. The van der Waals surface area contributed by atoms with E-state index in [1.165, 1.54) is 6.42 Å². The van der Waals surface area contributed by atoms with Crippen molar-refractivity contribution in [1.29, 1.82) is 5.26 Å². The van der Waals surface area contributed by atoms with Gasteiger partial charge >= 0.3 is 6.03 Å². The molecule has 11 nitrogen and oxygen atoms in total. The summed E-state index contributed by atoms with van der Waals surface area (Å²) in [6.07, 6.45) is 5.46. The molecule has 1 spiro atoms. The molecular weight excluding hydrogens is 508 g/mol. The van der Waals surface area contributed by atoms with Crippen molar-refractivity contribution in [3.8, 4) is 17.5 Å². The van der Waals surface area contributed by atoms with Crippen molar-refractivity contribution in [2.75, 3.05) is 59.9 Å². The average Bonchev–Trinajstić information content (AvgIpc) is 3.40. The van der Waals surface area contributed by atoms with Gasteiger partial charge in [0.25, 0.3) is 0 Å². The molecule has 0 bridgehead atoms. The van der Waals surface area contributed by atoms with Crippen LogP contribution in [0.3, 0.4) is 0 Å². The number of nitrogens with zero attached hydrogens (tertiary/aromatic N) is 6. The van der Waals surface area contributed by atoms with Crippen LogP contribution in [0.15, 0.2) is 48.5 Å². The lowest BCUT2D eigenvalue weighted by Gasteiger charge is -2.40. The number of urea groups is 1. The van der Waals surface area contributed by atoms with E-state index in [4.69, 9.17) is 29.7 Å². The summed E-state index contributed by atoms with van der Waals surface area (Å²) in [6, 6.07) is 15.8. The summed E-state index contributed by atoms with van der Waals surface area (Å²) >= 11 is 0. The van der Waals surface area contributed by atoms with Gasteiger partial charge in [-0.2, -0.15) is 20.2 Å². The summed E-state index contributed by atoms with van der Waals surface area (Å²) in [5.41, 5.74) is 2.25. The van der Waals surface area contributed by atoms with Gasteiger partial charge in [0.05, 0.1) is 31.5 Å². The van der Waals surface area contributed by atoms with E-state index in [1.54, 1.807) is 24.3 Å². The van der Waals surface area contributed by atoms with E-state index in [2.05, 4.69) is 26.5 Å². The van der Waals surface area contributed by atoms with Gasteiger partial charge in [-0.3, -0.25) is 0 Å². The molecule has 2 N–H and O–H groups in total. The monoisotopic (exact) mass is 540 g/mol. The maximum Gasteiger partial charge on any atom is 0.323 e. The van der Waals surface area contributed by atoms with Gasteiger partial charge in [0.15, 0.2) is 5.82 Å². The Morgan fingerprint density at radius 1 is 0.825 bits per heavy atom. The molecule has 6 rings (SSSR count). The molecule has 2 amide bonds. The number of nitriles is 1. The second kappa shape index (κ2) is 11.5. The Bertz CT molecular complexity index is 1380. The third-order valence-corrected chi connectivity index (χ3v) is 7.63. The quantitative estimate of drug-likeness (QED) is 0.484. The number of ether oxygens (including phenoxy) is 2. The highest BCUT2D eigenvalue weighted by molar-refractivity contribution is 5.99. The van der Waals surface area contributed by atoms with Crippen molar-refractivity contribution in [3.05, 3.63) is 54.1 Å². The number of amides is 2. The third-order valence-electron chi connectivity index (χ3n) is 7.63. The summed E-state index contributed by atoms with van der Waals surface area (Å²) in [5, 5.41) is 14.6. The number of benzene rings is 2. The fourth-order valence-corrected chi connectivity index (χ4v) is 5.54. The lowest BCUT2D eigenvalue weighted by atomic mass is 9.91. The molecule has 40 heavy (non-hydrogen) atoms. The standard InChI is InChI=1S/C29H32N8O3/c30-20-21-4-8-23(9-5-21)31-28(38)32-24-10-6-22(7-11-24)25-33-26(36-14-17-39-18-15-36)35-27(34-25)37-16-19-40-29(37)12-2-1-3-13-29/h4-11H,1-3,12-19H2,(H2,31,32,38). The minimum absolute atomic E-state index is 0.338. The van der Waals surface area contributed by atoms with Crippen LogP contribution in [0.25, 0.3) is 11.4 Å². The lowest BCUT2D eigenvalue weighted by molar-refractivity contribution is -0.0233. The van der Waals surface area contributed by atoms with E-state index < -0.39 is 0 Å². The van der Waals surface area contributed by atoms with E-state index in [9.17, 15) is 4.79 Å². The highest BCUT2D eigenvalue weighted by Gasteiger charge is 2.44. The molecular formula is C29H32N8O3. The predicted molar refractivity (Wildman–Crippen MR) is 151 cm³/mol. The second-order valence-electron chi connectivity index (χ2n) is 10.2. The molecule has 1 saturated carbocycles. The van der Waals surface area contributed by atoms with E-state index >= 15 is 0 Å². The third kappa shape index (κ3) is 5.54. The zero-order valence-corrected chi connectivity index (χ0v) is 22.3. The maximum absolute atomic E-state index is 12.5. The Morgan fingerprint density at radius 3 is 2.15 bits per heavy atom. The van der Waals surface area contributed by atoms with Gasteiger partial charge in [0.2, 0.25) is 11.9 Å². The van der Waals surface area contributed by atoms with Gasteiger partial charge in [0.1, 0.15) is 5.72 Å². The molecule has 2 aromatic carbocycles. The molecule has 3 aromatic rings. The molecule has 1 aromatic heterocycles. The molecule has 11 heteroatoms. The molecule has 0 atom stereocenters. The van der Waals surface area contributed by atoms with Crippen molar-refractivity contribution in [2.24, 2.45) is 0 Å². The molecule has 3 aliphatic rings. The van der Waals surface area contributed by atoms with Gasteiger partial charge in [-0.05, 0) is 74.2 Å². The van der Waals surface area contributed by atoms with Crippen LogP contribution in [0.1, 0.15) is 37.7 Å². The number of morpholine rings is 1. The number of anilines is 4. The summed E-state index contributed by atoms with van der Waals surface area (Å²) in [5.74, 6) is 1.87. The van der Waals surface area contributed by atoms with Crippen LogP contribution < -0.4 is 20.4 Å². The minimum atomic E-state index is -0.374. The van der Waals surface area contributed by atoms with Crippen molar-refractivity contribution in [2.45, 2.75) is 37.8 Å². The molecule has 1 aliphatic carbocycles. The lowest BCUT2D eigenvalue weighted by Crippen LogP contribution is -2.47. The van der Waals surface area contributed by atoms with Gasteiger partial charge < -0.3 is 29.9 Å². The molecule has 3 heterocycles. The Balaban J connectivity index is 1.23. The van der Waals surface area contributed by atoms with Crippen LogP contribution in [0, 0.1) is 11.3 Å². The van der Waals surface area contributed by atoms with Crippen LogP contribution in [0.5, 0.6) is 0 Å². The van der Waals surface area contributed by atoms with Crippen molar-refractivity contribution < 1.29 is 14.3 Å². The van der Waals surface area contributed by atoms with Gasteiger partial charge in [-0.15, -0.1) is 0 Å². The number of hydrogen-bond acceptors (Lipinski definition) is 9. The number of carbonyl (C=O) groups is 1.